The zero-order valence-corrected chi connectivity index (χ0v) is 19.8. The Bertz CT molecular complexity index is 593. The Hall–Kier alpha value is -0.570. The second kappa shape index (κ2) is 9.06. The minimum absolute atomic E-state index is 0. The molecule has 1 amide bonds. The molecule has 160 valence electrons. The molecule has 0 aromatic rings. The van der Waals surface area contributed by atoms with Gasteiger partial charge >= 0.3 is 0 Å². The summed E-state index contributed by atoms with van der Waals surface area (Å²) in [5, 5.41) is 6.91. The molecule has 3 unspecified atom stereocenters. The van der Waals surface area contributed by atoms with Crippen LogP contribution in [0.3, 0.4) is 0 Å². The van der Waals surface area contributed by atoms with E-state index in [9.17, 15) is 4.79 Å². The maximum absolute atomic E-state index is 11.8. The van der Waals surface area contributed by atoms with Gasteiger partial charge in [0.1, 0.15) is 0 Å². The average molecular weight is 504 g/mol. The van der Waals surface area contributed by atoms with Gasteiger partial charge in [0.2, 0.25) is 5.91 Å². The number of ether oxygens (including phenoxy) is 1. The molecule has 0 aromatic carbocycles. The van der Waals surface area contributed by atoms with Crippen LogP contribution in [0.25, 0.3) is 0 Å². The first-order valence-electron chi connectivity index (χ1n) is 11.0. The minimum atomic E-state index is 0. The summed E-state index contributed by atoms with van der Waals surface area (Å²) >= 11 is 0. The molecule has 6 nitrogen and oxygen atoms in total. The first-order valence-corrected chi connectivity index (χ1v) is 11.0. The number of halogens is 1. The molecule has 28 heavy (non-hydrogen) atoms. The van der Waals surface area contributed by atoms with Crippen molar-refractivity contribution in [2.45, 2.75) is 77.4 Å². The summed E-state index contributed by atoms with van der Waals surface area (Å²) in [7, 11) is 0. The van der Waals surface area contributed by atoms with Crippen LogP contribution in [0, 0.1) is 10.8 Å². The van der Waals surface area contributed by atoms with Crippen LogP contribution in [0.5, 0.6) is 0 Å². The third kappa shape index (κ3) is 4.02. The number of piperidine rings is 1. The molecule has 4 fully saturated rings. The number of carbonyl (C=O) groups is 1. The number of carbonyl (C=O) groups excluding carboxylic acids is 1. The van der Waals surface area contributed by atoms with Crippen molar-refractivity contribution >= 4 is 35.8 Å². The lowest BCUT2D eigenvalue weighted by atomic mass is 9.60. The van der Waals surface area contributed by atoms with Gasteiger partial charge in [-0.2, -0.15) is 0 Å². The zero-order valence-electron chi connectivity index (χ0n) is 17.5. The van der Waals surface area contributed by atoms with Crippen LogP contribution in [-0.4, -0.2) is 61.7 Å². The molecule has 0 aromatic heterocycles. The monoisotopic (exact) mass is 504 g/mol. The van der Waals surface area contributed by atoms with E-state index < -0.39 is 0 Å². The first kappa shape index (κ1) is 22.1. The van der Waals surface area contributed by atoms with Crippen molar-refractivity contribution in [1.82, 2.24) is 15.5 Å². The molecule has 2 saturated heterocycles. The topological polar surface area (TPSA) is 66.0 Å². The number of nitrogens with one attached hydrogen (secondary N) is 2. The van der Waals surface area contributed by atoms with E-state index in [2.05, 4.69) is 29.4 Å². The number of guanidine groups is 1. The second-order valence-electron chi connectivity index (χ2n) is 9.09. The van der Waals surface area contributed by atoms with Crippen LogP contribution >= 0.6 is 24.0 Å². The van der Waals surface area contributed by atoms with Gasteiger partial charge in [0.15, 0.2) is 5.96 Å². The number of rotatable bonds is 4. The van der Waals surface area contributed by atoms with Gasteiger partial charge in [-0.25, -0.2) is 0 Å². The van der Waals surface area contributed by atoms with Gasteiger partial charge in [-0.3, -0.25) is 9.79 Å². The van der Waals surface area contributed by atoms with Crippen LogP contribution in [0.4, 0.5) is 0 Å². The molecule has 3 atom stereocenters. The van der Waals surface area contributed by atoms with Gasteiger partial charge in [0.25, 0.3) is 0 Å². The normalized spacial score (nSPS) is 34.3. The summed E-state index contributed by atoms with van der Waals surface area (Å²) in [6.45, 7) is 8.61. The van der Waals surface area contributed by atoms with Gasteiger partial charge in [0.05, 0.1) is 6.10 Å². The second-order valence-corrected chi connectivity index (χ2v) is 9.09. The number of aliphatic imine (C=N–C) groups is 1. The number of hydrogen-bond acceptors (Lipinski definition) is 3. The average Bonchev–Trinajstić information content (AvgIpc) is 3.29. The lowest BCUT2D eigenvalue weighted by Gasteiger charge is -2.55. The Morgan fingerprint density at radius 3 is 2.71 bits per heavy atom. The Labute approximate surface area is 186 Å². The highest BCUT2D eigenvalue weighted by Gasteiger charge is 2.57. The summed E-state index contributed by atoms with van der Waals surface area (Å²) in [4.78, 5) is 19.1. The fourth-order valence-corrected chi connectivity index (χ4v) is 6.06. The van der Waals surface area contributed by atoms with Crippen LogP contribution < -0.4 is 10.6 Å². The molecule has 4 rings (SSSR count). The Balaban J connectivity index is 0.00000225. The maximum atomic E-state index is 11.8. The van der Waals surface area contributed by atoms with Gasteiger partial charge in [-0.15, -0.1) is 24.0 Å². The predicted octanol–water partition coefficient (Wildman–Crippen LogP) is 2.91. The van der Waals surface area contributed by atoms with E-state index in [0.717, 1.165) is 58.0 Å². The van der Waals surface area contributed by atoms with Crippen molar-refractivity contribution in [1.29, 1.82) is 0 Å². The van der Waals surface area contributed by atoms with Crippen molar-refractivity contribution in [3.8, 4) is 0 Å². The fraction of sp³-hybridized carbons (Fsp3) is 0.905. The highest BCUT2D eigenvalue weighted by molar-refractivity contribution is 14.0. The summed E-state index contributed by atoms with van der Waals surface area (Å²) in [5.41, 5.74) is 0.410. The molecular formula is C21H37IN4O2. The number of nitrogens with zero attached hydrogens (tertiary/aromatic N) is 2. The van der Waals surface area contributed by atoms with Gasteiger partial charge < -0.3 is 20.3 Å². The van der Waals surface area contributed by atoms with E-state index in [0.29, 0.717) is 24.0 Å². The Kier molecular flexibility index (Phi) is 7.16. The molecule has 0 radical (unpaired) electrons. The van der Waals surface area contributed by atoms with Gasteiger partial charge in [-0.05, 0) is 46.0 Å². The van der Waals surface area contributed by atoms with E-state index in [1.165, 1.54) is 25.7 Å². The highest BCUT2D eigenvalue weighted by atomic mass is 127. The van der Waals surface area contributed by atoms with E-state index in [1.807, 2.05) is 0 Å². The summed E-state index contributed by atoms with van der Waals surface area (Å²) in [6, 6.07) is 0.475. The number of hydrogen-bond donors (Lipinski definition) is 2. The van der Waals surface area contributed by atoms with Crippen LogP contribution in [0.1, 0.15) is 65.2 Å². The molecular weight excluding hydrogens is 467 g/mol. The smallest absolute Gasteiger partial charge is 0.220 e. The van der Waals surface area contributed by atoms with E-state index in [4.69, 9.17) is 9.73 Å². The van der Waals surface area contributed by atoms with E-state index >= 15 is 0 Å². The SMILES string of the molecule is CCN=C(NC1CC(OCC)C12CCCC2)N1CCCC2(CNC(=O)C2)C1.I. The Morgan fingerprint density at radius 2 is 2.07 bits per heavy atom. The third-order valence-corrected chi connectivity index (χ3v) is 7.46. The third-order valence-electron chi connectivity index (χ3n) is 7.46. The summed E-state index contributed by atoms with van der Waals surface area (Å²) in [5.74, 6) is 1.27. The van der Waals surface area contributed by atoms with Crippen molar-refractivity contribution < 1.29 is 9.53 Å². The van der Waals surface area contributed by atoms with Gasteiger partial charge in [0, 0.05) is 56.1 Å². The van der Waals surface area contributed by atoms with Crippen LogP contribution in [0.15, 0.2) is 4.99 Å². The molecule has 2 aliphatic carbocycles. The van der Waals surface area contributed by atoms with Crippen LogP contribution in [0.2, 0.25) is 0 Å². The van der Waals surface area contributed by atoms with E-state index in [-0.39, 0.29) is 35.3 Å². The molecule has 2 aliphatic heterocycles. The molecule has 2 heterocycles. The molecule has 2 spiro atoms. The Morgan fingerprint density at radius 1 is 1.29 bits per heavy atom. The van der Waals surface area contributed by atoms with Gasteiger partial charge in [-0.1, -0.05) is 12.8 Å². The maximum Gasteiger partial charge on any atom is 0.220 e. The zero-order chi connectivity index (χ0) is 18.9. The highest BCUT2D eigenvalue weighted by Crippen LogP contribution is 2.54. The first-order chi connectivity index (χ1) is 13.1. The molecule has 4 aliphatic rings. The largest absolute Gasteiger partial charge is 0.378 e. The quantitative estimate of drug-likeness (QED) is 0.351. The lowest BCUT2D eigenvalue weighted by Crippen LogP contribution is -2.66. The summed E-state index contributed by atoms with van der Waals surface area (Å²) in [6.07, 6.45) is 9.64. The standard InChI is InChI=1S/C21H36N4O2.HI/c1-3-22-19(25-11-7-8-20(15-25)13-18(26)23-14-20)24-16-12-17(27-4-2)21(16)9-5-6-10-21;/h16-17H,3-15H2,1-2H3,(H,22,24)(H,23,26);1H. The fourth-order valence-electron chi connectivity index (χ4n) is 6.06. The van der Waals surface area contributed by atoms with E-state index in [1.54, 1.807) is 0 Å². The lowest BCUT2D eigenvalue weighted by molar-refractivity contribution is -0.126. The molecule has 2 N–H and O–H groups in total. The van der Waals surface area contributed by atoms with Crippen molar-refractivity contribution in [3.05, 3.63) is 0 Å². The minimum Gasteiger partial charge on any atom is -0.378 e. The number of amides is 1. The van der Waals surface area contributed by atoms with Crippen molar-refractivity contribution in [2.24, 2.45) is 15.8 Å². The molecule has 7 heteroatoms. The van der Waals surface area contributed by atoms with Crippen molar-refractivity contribution in [2.75, 3.05) is 32.8 Å². The van der Waals surface area contributed by atoms with Crippen molar-refractivity contribution in [3.63, 3.8) is 0 Å². The number of likely N-dealkylation sites (tertiary alicyclic amines) is 1. The summed E-state index contributed by atoms with van der Waals surface area (Å²) < 4.78 is 6.08. The predicted molar refractivity (Wildman–Crippen MR) is 122 cm³/mol. The molecule has 2 saturated carbocycles. The van der Waals surface area contributed by atoms with Crippen LogP contribution in [-0.2, 0) is 9.53 Å². The molecule has 0 bridgehead atoms.